The van der Waals surface area contributed by atoms with Crippen molar-refractivity contribution in [3.63, 3.8) is 0 Å². The van der Waals surface area contributed by atoms with E-state index in [0.29, 0.717) is 11.3 Å². The number of unbranched alkanes of at least 4 members (excludes halogenated alkanes) is 11. The number of ketones is 1. The third-order valence-electron chi connectivity index (χ3n) is 9.38. The van der Waals surface area contributed by atoms with Crippen molar-refractivity contribution in [1.29, 1.82) is 0 Å². The number of carbonyl (C=O) groups is 4. The van der Waals surface area contributed by atoms with Crippen LogP contribution in [0.2, 0.25) is 0 Å². The summed E-state index contributed by atoms with van der Waals surface area (Å²) in [6, 6.07) is 20.8. The van der Waals surface area contributed by atoms with Gasteiger partial charge < -0.3 is 14.2 Å². The molecule has 1 fully saturated rings. The molecule has 0 spiro atoms. The highest BCUT2D eigenvalue weighted by atomic mass is 16.6. The van der Waals surface area contributed by atoms with E-state index in [1.807, 2.05) is 30.3 Å². The molecule has 3 aromatic rings. The summed E-state index contributed by atoms with van der Waals surface area (Å²) in [5.74, 6) is -2.11. The van der Waals surface area contributed by atoms with E-state index in [0.717, 1.165) is 29.7 Å². The molecular formula is C41H48N2O7. The van der Waals surface area contributed by atoms with Crippen molar-refractivity contribution >= 4 is 40.8 Å². The summed E-state index contributed by atoms with van der Waals surface area (Å²) in [4.78, 5) is 59.7. The average molecular weight is 681 g/mol. The highest BCUT2D eigenvalue weighted by Gasteiger charge is 2.49. The Morgan fingerprint density at radius 2 is 1.44 bits per heavy atom. The number of rotatable bonds is 19. The minimum atomic E-state index is -1.43. The predicted molar refractivity (Wildman–Crippen MR) is 194 cm³/mol. The molecule has 0 aromatic heterocycles. The lowest BCUT2D eigenvalue weighted by Gasteiger charge is -2.26. The largest absolute Gasteiger partial charge is 0.495 e. The molecule has 9 heteroatoms. The topological polar surface area (TPSA) is 112 Å². The molecule has 2 amide bonds. The number of esters is 1. The van der Waals surface area contributed by atoms with E-state index in [1.165, 1.54) is 83.1 Å². The number of para-hydroxylation sites is 1. The summed E-state index contributed by atoms with van der Waals surface area (Å²) < 4.78 is 16.7. The van der Waals surface area contributed by atoms with Gasteiger partial charge in [0.2, 0.25) is 6.10 Å². The van der Waals surface area contributed by atoms with E-state index < -0.39 is 30.0 Å². The first-order valence-corrected chi connectivity index (χ1v) is 18.1. The third kappa shape index (κ3) is 9.05. The summed E-state index contributed by atoms with van der Waals surface area (Å²) >= 11 is 0. The molecule has 0 aliphatic carbocycles. The zero-order valence-corrected chi connectivity index (χ0v) is 29.2. The van der Waals surface area contributed by atoms with E-state index in [-0.39, 0.29) is 41.5 Å². The van der Waals surface area contributed by atoms with Gasteiger partial charge in [-0.1, -0.05) is 120 Å². The second-order valence-corrected chi connectivity index (χ2v) is 13.0. The van der Waals surface area contributed by atoms with Crippen LogP contribution >= 0.6 is 0 Å². The fourth-order valence-electron chi connectivity index (χ4n) is 6.60. The zero-order valence-electron chi connectivity index (χ0n) is 29.2. The third-order valence-corrected chi connectivity index (χ3v) is 9.38. The van der Waals surface area contributed by atoms with Gasteiger partial charge in [0.1, 0.15) is 5.75 Å². The molecule has 3 aromatic carbocycles. The minimum absolute atomic E-state index is 0.0487. The van der Waals surface area contributed by atoms with Gasteiger partial charge in [-0.15, -0.1) is 0 Å². The van der Waals surface area contributed by atoms with E-state index in [1.54, 1.807) is 24.3 Å². The maximum absolute atomic E-state index is 14.0. The molecule has 2 aliphatic heterocycles. The molecule has 0 radical (unpaired) electrons. The van der Waals surface area contributed by atoms with Gasteiger partial charge in [0.25, 0.3) is 5.91 Å². The number of hydrogen-bond donors (Lipinski definition) is 0. The van der Waals surface area contributed by atoms with Crippen LogP contribution in [0.5, 0.6) is 5.75 Å². The number of fused-ring (bicyclic) bond motifs is 1. The molecule has 2 heterocycles. The van der Waals surface area contributed by atoms with Crippen LogP contribution in [-0.4, -0.2) is 49.3 Å². The second kappa shape index (κ2) is 18.3. The molecule has 0 N–H and O–H groups in total. The zero-order chi connectivity index (χ0) is 35.3. The summed E-state index contributed by atoms with van der Waals surface area (Å²) in [6.07, 6.45) is 12.4. The highest BCUT2D eigenvalue weighted by Crippen LogP contribution is 2.37. The quantitative estimate of drug-likeness (QED) is 0.0917. The Hall–Kier alpha value is -4.79. The number of methoxy groups -OCH3 is 1. The SMILES string of the molecule is CCCCCCCCCCCCCCOC(=O)c1ccc(OC)c(N2C(=O)OC(C3=Nc4ccccc4C(=O)C3Cc3ccccc3)C2=O)c1. The first kappa shape index (κ1) is 36.5. The van der Waals surface area contributed by atoms with Gasteiger partial charge in [0.05, 0.1) is 42.3 Å². The van der Waals surface area contributed by atoms with Gasteiger partial charge in [0, 0.05) is 5.56 Å². The van der Waals surface area contributed by atoms with Crippen LogP contribution in [0.1, 0.15) is 110 Å². The molecule has 264 valence electrons. The lowest BCUT2D eigenvalue weighted by Crippen LogP contribution is -2.42. The second-order valence-electron chi connectivity index (χ2n) is 13.0. The molecule has 50 heavy (non-hydrogen) atoms. The number of imide groups is 1. The summed E-state index contributed by atoms with van der Waals surface area (Å²) in [6.45, 7) is 2.52. The van der Waals surface area contributed by atoms with Crippen molar-refractivity contribution in [2.75, 3.05) is 18.6 Å². The number of amides is 2. The number of aliphatic imine (C=N–C) groups is 1. The van der Waals surface area contributed by atoms with Crippen LogP contribution in [0.15, 0.2) is 77.8 Å². The van der Waals surface area contributed by atoms with Crippen molar-refractivity contribution in [3.05, 3.63) is 89.5 Å². The summed E-state index contributed by atoms with van der Waals surface area (Å²) in [7, 11) is 1.41. The number of benzene rings is 3. The Labute approximate surface area is 295 Å². The fraction of sp³-hybridized carbons (Fsp3) is 0.439. The number of Topliss-reactive ketones (excluding diaryl/α,β-unsaturated/α-hetero) is 1. The van der Waals surface area contributed by atoms with Crippen LogP contribution in [0.25, 0.3) is 0 Å². The summed E-state index contributed by atoms with van der Waals surface area (Å²) in [5.41, 5.74) is 2.12. The molecule has 2 unspecified atom stereocenters. The van der Waals surface area contributed by atoms with Crippen LogP contribution < -0.4 is 9.64 Å². The van der Waals surface area contributed by atoms with Crippen LogP contribution in [-0.2, 0) is 20.7 Å². The predicted octanol–water partition coefficient (Wildman–Crippen LogP) is 9.23. The van der Waals surface area contributed by atoms with Crippen molar-refractivity contribution in [1.82, 2.24) is 0 Å². The lowest BCUT2D eigenvalue weighted by atomic mass is 9.82. The minimum Gasteiger partial charge on any atom is -0.495 e. The number of hydrogen-bond acceptors (Lipinski definition) is 8. The smallest absolute Gasteiger partial charge is 0.422 e. The molecule has 5 rings (SSSR count). The lowest BCUT2D eigenvalue weighted by molar-refractivity contribution is -0.119. The first-order valence-electron chi connectivity index (χ1n) is 18.1. The van der Waals surface area contributed by atoms with Gasteiger partial charge in [-0.2, -0.15) is 0 Å². The molecule has 0 saturated carbocycles. The maximum Gasteiger partial charge on any atom is 0.422 e. The molecule has 2 atom stereocenters. The van der Waals surface area contributed by atoms with Gasteiger partial charge in [0.15, 0.2) is 5.78 Å². The number of anilines is 1. The molecule has 2 aliphatic rings. The average Bonchev–Trinajstić information content (AvgIpc) is 3.43. The molecule has 1 saturated heterocycles. The Morgan fingerprint density at radius 1 is 0.800 bits per heavy atom. The van der Waals surface area contributed by atoms with Gasteiger partial charge >= 0.3 is 12.1 Å². The standard InChI is InChI=1S/C41H48N2O7/c1-3-4-5-6-7-8-9-10-11-12-13-19-26-49-40(46)30-24-25-35(48-2)34(28-30)43-39(45)38(50-41(43)47)36-32(27-29-20-15-14-16-21-29)37(44)31-22-17-18-23-33(31)42-36/h14-18,20-25,28,32,38H,3-13,19,26-27H2,1-2H3. The Kier molecular flexibility index (Phi) is 13.3. The van der Waals surface area contributed by atoms with Gasteiger partial charge in [-0.25, -0.2) is 14.5 Å². The number of nitrogens with zero attached hydrogens (tertiary/aromatic N) is 2. The maximum atomic E-state index is 14.0. The van der Waals surface area contributed by atoms with Crippen molar-refractivity contribution in [2.45, 2.75) is 96.5 Å². The van der Waals surface area contributed by atoms with Crippen LogP contribution in [0, 0.1) is 5.92 Å². The number of carbonyl (C=O) groups excluding carboxylic acids is 4. The van der Waals surface area contributed by atoms with E-state index >= 15 is 0 Å². The monoisotopic (exact) mass is 680 g/mol. The van der Waals surface area contributed by atoms with Crippen LogP contribution in [0.3, 0.4) is 0 Å². The summed E-state index contributed by atoms with van der Waals surface area (Å²) in [5, 5.41) is 0. The van der Waals surface area contributed by atoms with Crippen LogP contribution in [0.4, 0.5) is 16.2 Å². The Balaban J connectivity index is 1.21. The molecule has 0 bridgehead atoms. The van der Waals surface area contributed by atoms with Gasteiger partial charge in [-0.05, 0) is 48.7 Å². The first-order chi connectivity index (χ1) is 24.4. The van der Waals surface area contributed by atoms with E-state index in [9.17, 15) is 19.2 Å². The van der Waals surface area contributed by atoms with Crippen molar-refractivity contribution < 1.29 is 33.4 Å². The number of ether oxygens (including phenoxy) is 3. The highest BCUT2D eigenvalue weighted by molar-refractivity contribution is 6.31. The Bertz CT molecular complexity index is 1670. The van der Waals surface area contributed by atoms with E-state index in [4.69, 9.17) is 19.2 Å². The Morgan fingerprint density at radius 3 is 2.12 bits per heavy atom. The fourth-order valence-corrected chi connectivity index (χ4v) is 6.60. The van der Waals surface area contributed by atoms with E-state index in [2.05, 4.69) is 6.92 Å². The van der Waals surface area contributed by atoms with Crippen molar-refractivity contribution in [3.8, 4) is 5.75 Å². The van der Waals surface area contributed by atoms with Crippen molar-refractivity contribution in [2.24, 2.45) is 10.9 Å². The van der Waals surface area contributed by atoms with Gasteiger partial charge in [-0.3, -0.25) is 14.6 Å². The number of cyclic esters (lactones) is 1. The molecule has 9 nitrogen and oxygen atoms in total. The normalized spacial score (nSPS) is 17.0. The molecular weight excluding hydrogens is 632 g/mol.